The summed E-state index contributed by atoms with van der Waals surface area (Å²) in [6.45, 7) is 2.26. The zero-order chi connectivity index (χ0) is 12.8. The molecule has 1 N–H and O–H groups in total. The van der Waals surface area contributed by atoms with Gasteiger partial charge in [0.05, 0.1) is 5.75 Å². The fraction of sp³-hybridized carbons (Fsp3) is 0.900. The predicted octanol–water partition coefficient (Wildman–Crippen LogP) is 0.606. The Morgan fingerprint density at radius 1 is 1.44 bits per heavy atom. The summed E-state index contributed by atoms with van der Waals surface area (Å²) in [5.41, 5.74) is 0. The molecule has 0 aromatic rings. The van der Waals surface area contributed by atoms with Gasteiger partial charge in [-0.2, -0.15) is 0 Å². The van der Waals surface area contributed by atoms with Crippen molar-refractivity contribution in [2.45, 2.75) is 32.2 Å². The summed E-state index contributed by atoms with van der Waals surface area (Å²) in [5, 5.41) is 9.01. The summed E-state index contributed by atoms with van der Waals surface area (Å²) in [7, 11) is -1.38. The highest BCUT2D eigenvalue weighted by molar-refractivity contribution is 7.90. The van der Waals surface area contributed by atoms with Gasteiger partial charge in [0, 0.05) is 12.8 Å². The molecular weight excluding hydrogens is 230 g/mol. The van der Waals surface area contributed by atoms with Gasteiger partial charge >= 0.3 is 5.97 Å². The molecule has 0 spiro atoms. The van der Waals surface area contributed by atoms with Gasteiger partial charge in [0.2, 0.25) is 0 Å². The lowest BCUT2D eigenvalue weighted by molar-refractivity contribution is -0.143. The van der Waals surface area contributed by atoms with E-state index in [1.807, 2.05) is 6.92 Å². The van der Waals surface area contributed by atoms with E-state index in [0.29, 0.717) is 6.42 Å². The minimum absolute atomic E-state index is 0.000590. The lowest BCUT2D eigenvalue weighted by atomic mass is 10.1. The monoisotopic (exact) mass is 251 g/mol. The van der Waals surface area contributed by atoms with Crippen LogP contribution < -0.4 is 0 Å². The van der Waals surface area contributed by atoms with Crippen LogP contribution in [0.2, 0.25) is 0 Å². The van der Waals surface area contributed by atoms with Crippen LogP contribution in [-0.4, -0.2) is 56.0 Å². The highest BCUT2D eigenvalue weighted by Gasteiger charge is 2.22. The second kappa shape index (κ2) is 6.85. The van der Waals surface area contributed by atoms with Crippen LogP contribution in [0.25, 0.3) is 0 Å². The van der Waals surface area contributed by atoms with Crippen LogP contribution >= 0.6 is 0 Å². The van der Waals surface area contributed by atoms with Crippen molar-refractivity contribution in [1.29, 1.82) is 0 Å². The van der Waals surface area contributed by atoms with Gasteiger partial charge in [-0.25, -0.2) is 8.42 Å². The van der Waals surface area contributed by atoms with Crippen LogP contribution in [0.1, 0.15) is 26.2 Å². The number of unbranched alkanes of at least 4 members (excludes halogenated alkanes) is 1. The van der Waals surface area contributed by atoms with Crippen LogP contribution in [0.4, 0.5) is 0 Å². The Balaban J connectivity index is 4.27. The number of carbonyl (C=O) groups is 1. The second-order valence-corrected chi connectivity index (χ2v) is 6.37. The third kappa shape index (κ3) is 6.79. The highest BCUT2D eigenvalue weighted by atomic mass is 32.2. The molecule has 0 bridgehead atoms. The van der Waals surface area contributed by atoms with Gasteiger partial charge in [0.15, 0.2) is 0 Å². The molecule has 1 atom stereocenters. The summed E-state index contributed by atoms with van der Waals surface area (Å²) < 4.78 is 21.9. The van der Waals surface area contributed by atoms with Crippen LogP contribution in [0.5, 0.6) is 0 Å². The number of nitrogens with zero attached hydrogens (tertiary/aromatic N) is 1. The standard InChI is InChI=1S/C10H21NO4S/c1-4-5-6-9(10(12)13)11(2)7-8-16(3,14)15/h9H,4-8H2,1-3H3,(H,12,13). The van der Waals surface area contributed by atoms with Gasteiger partial charge in [-0.15, -0.1) is 0 Å². The van der Waals surface area contributed by atoms with Crippen molar-refractivity contribution in [1.82, 2.24) is 4.90 Å². The lowest BCUT2D eigenvalue weighted by Gasteiger charge is -2.24. The molecule has 1 unspecified atom stereocenters. The maximum Gasteiger partial charge on any atom is 0.320 e. The van der Waals surface area contributed by atoms with Crippen molar-refractivity contribution in [3.05, 3.63) is 0 Å². The van der Waals surface area contributed by atoms with E-state index < -0.39 is 21.8 Å². The average Bonchev–Trinajstić information content (AvgIpc) is 2.13. The molecule has 16 heavy (non-hydrogen) atoms. The molecule has 0 saturated heterocycles. The normalized spacial score (nSPS) is 14.0. The summed E-state index contributed by atoms with van der Waals surface area (Å²) in [6, 6.07) is -0.582. The molecule has 0 aliphatic heterocycles. The van der Waals surface area contributed by atoms with Gasteiger partial charge in [0.25, 0.3) is 0 Å². The van der Waals surface area contributed by atoms with E-state index >= 15 is 0 Å². The van der Waals surface area contributed by atoms with Crippen molar-refractivity contribution in [2.24, 2.45) is 0 Å². The number of sulfone groups is 1. The summed E-state index contributed by atoms with van der Waals surface area (Å²) in [5.74, 6) is -0.885. The molecule has 0 aromatic carbocycles. The predicted molar refractivity (Wildman–Crippen MR) is 63.3 cm³/mol. The summed E-state index contributed by atoms with van der Waals surface area (Å²) >= 11 is 0. The fourth-order valence-electron chi connectivity index (χ4n) is 1.40. The van der Waals surface area contributed by atoms with Gasteiger partial charge in [-0.05, 0) is 13.5 Å². The van der Waals surface area contributed by atoms with Crippen LogP contribution in [-0.2, 0) is 14.6 Å². The zero-order valence-electron chi connectivity index (χ0n) is 10.1. The molecule has 0 aliphatic rings. The lowest BCUT2D eigenvalue weighted by Crippen LogP contribution is -2.40. The topological polar surface area (TPSA) is 74.7 Å². The Bertz CT molecular complexity index is 313. The summed E-state index contributed by atoms with van der Waals surface area (Å²) in [4.78, 5) is 12.6. The minimum Gasteiger partial charge on any atom is -0.480 e. The molecule has 0 aliphatic carbocycles. The quantitative estimate of drug-likeness (QED) is 0.684. The van der Waals surface area contributed by atoms with Gasteiger partial charge in [0.1, 0.15) is 15.9 Å². The molecular formula is C10H21NO4S. The first-order valence-electron chi connectivity index (χ1n) is 5.38. The molecule has 0 saturated carbocycles. The number of hydrogen-bond acceptors (Lipinski definition) is 4. The number of aliphatic carboxylic acids is 1. The van der Waals surface area contributed by atoms with E-state index in [2.05, 4.69) is 0 Å². The third-order valence-electron chi connectivity index (χ3n) is 2.46. The Labute approximate surface area is 97.4 Å². The van der Waals surface area contributed by atoms with E-state index in [-0.39, 0.29) is 12.3 Å². The SMILES string of the molecule is CCCCC(C(=O)O)N(C)CCS(C)(=O)=O. The van der Waals surface area contributed by atoms with Crippen molar-refractivity contribution < 1.29 is 18.3 Å². The molecule has 5 nitrogen and oxygen atoms in total. The first-order chi connectivity index (χ1) is 7.28. The number of carboxylic acids is 1. The molecule has 0 radical (unpaired) electrons. The maximum atomic E-state index is 11.0. The van der Waals surface area contributed by atoms with E-state index in [1.54, 1.807) is 11.9 Å². The first-order valence-corrected chi connectivity index (χ1v) is 7.44. The number of hydrogen-bond donors (Lipinski definition) is 1. The average molecular weight is 251 g/mol. The van der Waals surface area contributed by atoms with Gasteiger partial charge in [-0.3, -0.25) is 9.69 Å². The van der Waals surface area contributed by atoms with Crippen molar-refractivity contribution in [3.63, 3.8) is 0 Å². The fourth-order valence-corrected chi connectivity index (χ4v) is 2.02. The number of carboxylic acid groups (broad SMARTS) is 1. The van der Waals surface area contributed by atoms with E-state index in [4.69, 9.17) is 5.11 Å². The molecule has 0 heterocycles. The van der Waals surface area contributed by atoms with Crippen molar-refractivity contribution >= 4 is 15.8 Å². The number of rotatable bonds is 8. The zero-order valence-corrected chi connectivity index (χ0v) is 11.0. The Kier molecular flexibility index (Phi) is 6.59. The molecule has 6 heteroatoms. The first kappa shape index (κ1) is 15.4. The Hall–Kier alpha value is -0.620. The van der Waals surface area contributed by atoms with E-state index in [1.165, 1.54) is 0 Å². The Morgan fingerprint density at radius 3 is 2.38 bits per heavy atom. The molecule has 0 aromatic heterocycles. The molecule has 96 valence electrons. The van der Waals surface area contributed by atoms with Crippen molar-refractivity contribution in [3.8, 4) is 0 Å². The van der Waals surface area contributed by atoms with E-state index in [0.717, 1.165) is 19.1 Å². The van der Waals surface area contributed by atoms with Crippen LogP contribution in [0.15, 0.2) is 0 Å². The smallest absolute Gasteiger partial charge is 0.320 e. The maximum absolute atomic E-state index is 11.0. The molecule has 0 rings (SSSR count). The molecule has 0 amide bonds. The third-order valence-corrected chi connectivity index (χ3v) is 3.39. The number of likely N-dealkylation sites (N-methyl/N-ethyl adjacent to an activating group) is 1. The van der Waals surface area contributed by atoms with Gasteiger partial charge < -0.3 is 5.11 Å². The van der Waals surface area contributed by atoms with E-state index in [9.17, 15) is 13.2 Å². The van der Waals surface area contributed by atoms with Crippen LogP contribution in [0.3, 0.4) is 0 Å². The minimum atomic E-state index is -3.03. The summed E-state index contributed by atoms with van der Waals surface area (Å²) in [6.07, 6.45) is 3.48. The molecule has 0 fully saturated rings. The Morgan fingerprint density at radius 2 is 2.00 bits per heavy atom. The van der Waals surface area contributed by atoms with Crippen LogP contribution in [0, 0.1) is 0 Å². The second-order valence-electron chi connectivity index (χ2n) is 4.11. The van der Waals surface area contributed by atoms with Crippen molar-refractivity contribution in [2.75, 3.05) is 25.6 Å². The largest absolute Gasteiger partial charge is 0.480 e. The highest BCUT2D eigenvalue weighted by Crippen LogP contribution is 2.07. The van der Waals surface area contributed by atoms with Gasteiger partial charge in [-0.1, -0.05) is 19.8 Å².